The van der Waals surface area contributed by atoms with Crippen LogP contribution >= 0.6 is 45.2 Å². The molecule has 0 amide bonds. The van der Waals surface area contributed by atoms with Crippen LogP contribution in [0.15, 0.2) is 121 Å². The second-order valence-corrected chi connectivity index (χ2v) is 16.3. The van der Waals surface area contributed by atoms with Crippen molar-refractivity contribution in [3.05, 3.63) is 145 Å². The number of fused-ring (bicyclic) bond motifs is 8. The second-order valence-electron chi connectivity index (χ2n) is 13.8. The molecule has 6 aromatic carbocycles. The number of aromatic nitrogens is 1. The zero-order valence-electron chi connectivity index (χ0n) is 27.4. The maximum atomic E-state index is 2.54. The maximum absolute atomic E-state index is 2.54. The van der Waals surface area contributed by atoms with E-state index in [1.54, 1.807) is 0 Å². The number of hydrogen-bond acceptors (Lipinski definition) is 1. The Balaban J connectivity index is 1.45. The molecule has 5 heteroatoms. The molecule has 7 aromatic rings. The third kappa shape index (κ3) is 4.42. The van der Waals surface area contributed by atoms with Gasteiger partial charge in [-0.25, -0.2) is 0 Å². The normalized spacial score (nSPS) is 14.3. The van der Waals surface area contributed by atoms with Crippen molar-refractivity contribution >= 4 is 107 Å². The Hall–Kier alpha value is -3.56. The molecule has 0 radical (unpaired) electrons. The van der Waals surface area contributed by atoms with Crippen molar-refractivity contribution in [2.24, 2.45) is 0 Å². The predicted octanol–water partition coefficient (Wildman–Crippen LogP) is 10.3. The van der Waals surface area contributed by atoms with Crippen LogP contribution in [-0.4, -0.2) is 11.3 Å². The molecule has 3 heterocycles. The first-order valence-electron chi connectivity index (χ1n) is 17.0. The zero-order chi connectivity index (χ0) is 32.7. The van der Waals surface area contributed by atoms with E-state index in [1.807, 2.05) is 0 Å². The minimum Gasteiger partial charge on any atom is -0.312 e. The summed E-state index contributed by atoms with van der Waals surface area (Å²) in [6.07, 6.45) is 3.48. The second kappa shape index (κ2) is 11.5. The van der Waals surface area contributed by atoms with E-state index in [1.165, 1.54) is 97.6 Å². The standard InChI is InChI=1S/C43H35BI2N2/c1-4-5-11-27-16-23-38-42-40(27)43(2,3)33-22-25-37-39(32-14-9-10-15-35(32)47(37)30-12-7-6-8-13-30)41(33)44(42)34-26-29(46)19-24-36(34)48(38)31-20-17-28(45)18-21-31/h6-10,12-26H,4-5,11H2,1-3H3. The van der Waals surface area contributed by atoms with Crippen molar-refractivity contribution in [3.63, 3.8) is 0 Å². The van der Waals surface area contributed by atoms with E-state index in [4.69, 9.17) is 0 Å². The monoisotopic (exact) mass is 844 g/mol. The summed E-state index contributed by atoms with van der Waals surface area (Å²) in [5, 5.41) is 2.71. The van der Waals surface area contributed by atoms with Crippen LogP contribution in [0.4, 0.5) is 17.1 Å². The fourth-order valence-electron chi connectivity index (χ4n) is 8.79. The molecule has 9 rings (SSSR count). The number of hydrogen-bond donors (Lipinski definition) is 0. The van der Waals surface area contributed by atoms with Crippen LogP contribution in [0.3, 0.4) is 0 Å². The number of anilines is 3. The van der Waals surface area contributed by atoms with E-state index in [0.29, 0.717) is 0 Å². The van der Waals surface area contributed by atoms with Crippen molar-refractivity contribution in [1.82, 2.24) is 4.57 Å². The Bertz CT molecular complexity index is 2390. The molecule has 2 nitrogen and oxygen atoms in total. The third-order valence-corrected chi connectivity index (χ3v) is 12.1. The number of aryl methyl sites for hydroxylation is 1. The van der Waals surface area contributed by atoms with Gasteiger partial charge in [0.2, 0.25) is 6.71 Å². The first-order chi connectivity index (χ1) is 23.4. The minimum absolute atomic E-state index is 0.114. The van der Waals surface area contributed by atoms with Crippen LogP contribution < -0.4 is 21.3 Å². The molecule has 48 heavy (non-hydrogen) atoms. The van der Waals surface area contributed by atoms with E-state index in [-0.39, 0.29) is 12.1 Å². The molecule has 0 fully saturated rings. The lowest BCUT2D eigenvalue weighted by atomic mass is 9.29. The van der Waals surface area contributed by atoms with Gasteiger partial charge in [0.15, 0.2) is 0 Å². The number of nitrogens with zero attached hydrogens (tertiary/aromatic N) is 2. The van der Waals surface area contributed by atoms with Gasteiger partial charge < -0.3 is 9.47 Å². The molecule has 0 atom stereocenters. The molecule has 0 saturated carbocycles. The molecule has 0 unspecified atom stereocenters. The summed E-state index contributed by atoms with van der Waals surface area (Å²) in [7, 11) is 0. The van der Waals surface area contributed by atoms with Gasteiger partial charge in [-0.1, -0.05) is 87.3 Å². The summed E-state index contributed by atoms with van der Waals surface area (Å²) >= 11 is 4.93. The smallest absolute Gasteiger partial charge is 0.248 e. The fraction of sp³-hybridized carbons (Fsp3) is 0.163. The zero-order valence-corrected chi connectivity index (χ0v) is 31.7. The summed E-state index contributed by atoms with van der Waals surface area (Å²) in [5.74, 6) is 0. The van der Waals surface area contributed by atoms with E-state index >= 15 is 0 Å². The SMILES string of the molecule is CCCCc1ccc2c3c1C(C)(C)c1ccc4c(c1B3c1cc(I)ccc1N2c1ccc(I)cc1)c1ccccc1n4-c1ccccc1. The number of unbranched alkanes of at least 4 members (excludes halogenated alkanes) is 1. The highest BCUT2D eigenvalue weighted by Crippen LogP contribution is 2.46. The molecule has 0 aliphatic carbocycles. The average molecular weight is 844 g/mol. The number of para-hydroxylation sites is 2. The Morgan fingerprint density at radius 3 is 2.19 bits per heavy atom. The van der Waals surface area contributed by atoms with Gasteiger partial charge in [0, 0.05) is 46.1 Å². The summed E-state index contributed by atoms with van der Waals surface area (Å²) < 4.78 is 4.99. The van der Waals surface area contributed by atoms with Crippen molar-refractivity contribution in [3.8, 4) is 5.69 Å². The first-order valence-corrected chi connectivity index (χ1v) is 19.2. The van der Waals surface area contributed by atoms with E-state index in [9.17, 15) is 0 Å². The molecular weight excluding hydrogens is 809 g/mol. The number of halogens is 2. The quantitative estimate of drug-likeness (QED) is 0.124. The average Bonchev–Trinajstić information content (AvgIpc) is 3.44. The molecule has 234 valence electrons. The topological polar surface area (TPSA) is 8.17 Å². The molecule has 1 aromatic heterocycles. The molecular formula is C43H35BI2N2. The van der Waals surface area contributed by atoms with Crippen LogP contribution in [0.25, 0.3) is 27.5 Å². The largest absolute Gasteiger partial charge is 0.312 e. The molecule has 2 aliphatic heterocycles. The summed E-state index contributed by atoms with van der Waals surface area (Å²) in [5.41, 5.74) is 16.2. The summed E-state index contributed by atoms with van der Waals surface area (Å²) in [6, 6.07) is 45.8. The van der Waals surface area contributed by atoms with Crippen molar-refractivity contribution in [1.29, 1.82) is 0 Å². The van der Waals surface area contributed by atoms with Gasteiger partial charge in [-0.15, -0.1) is 0 Å². The van der Waals surface area contributed by atoms with Crippen LogP contribution in [-0.2, 0) is 11.8 Å². The highest BCUT2D eigenvalue weighted by atomic mass is 127. The first kappa shape index (κ1) is 30.5. The Morgan fingerprint density at radius 1 is 0.667 bits per heavy atom. The van der Waals surface area contributed by atoms with Gasteiger partial charge in [-0.05, 0) is 152 Å². The van der Waals surface area contributed by atoms with Crippen molar-refractivity contribution < 1.29 is 0 Å². The van der Waals surface area contributed by atoms with Crippen LogP contribution in [0.2, 0.25) is 0 Å². The van der Waals surface area contributed by atoms with Gasteiger partial charge in [0.1, 0.15) is 0 Å². The van der Waals surface area contributed by atoms with E-state index < -0.39 is 0 Å². The van der Waals surface area contributed by atoms with E-state index in [0.717, 1.165) is 6.42 Å². The highest BCUT2D eigenvalue weighted by molar-refractivity contribution is 14.1. The molecule has 0 N–H and O–H groups in total. The highest BCUT2D eigenvalue weighted by Gasteiger charge is 2.48. The van der Waals surface area contributed by atoms with Crippen molar-refractivity contribution in [2.75, 3.05) is 4.90 Å². The summed E-state index contributed by atoms with van der Waals surface area (Å²) in [6.45, 7) is 7.38. The predicted molar refractivity (Wildman–Crippen MR) is 223 cm³/mol. The third-order valence-electron chi connectivity index (χ3n) is 10.7. The van der Waals surface area contributed by atoms with Gasteiger partial charge in [0.05, 0.1) is 11.0 Å². The molecule has 0 saturated heterocycles. The lowest BCUT2D eigenvalue weighted by molar-refractivity contribution is 0.632. The van der Waals surface area contributed by atoms with Gasteiger partial charge in [0.25, 0.3) is 0 Å². The lowest BCUT2D eigenvalue weighted by Gasteiger charge is -2.46. The Kier molecular flexibility index (Phi) is 7.32. The molecule has 0 spiro atoms. The number of benzene rings is 6. The fourth-order valence-corrected chi connectivity index (χ4v) is 9.67. The number of rotatable bonds is 5. The Labute approximate surface area is 310 Å². The maximum Gasteiger partial charge on any atom is 0.248 e. The molecule has 2 aliphatic rings. The van der Waals surface area contributed by atoms with Crippen LogP contribution in [0.1, 0.15) is 50.3 Å². The van der Waals surface area contributed by atoms with Gasteiger partial charge in [-0.3, -0.25) is 0 Å². The van der Waals surface area contributed by atoms with Gasteiger partial charge >= 0.3 is 0 Å². The van der Waals surface area contributed by atoms with Gasteiger partial charge in [-0.2, -0.15) is 0 Å². The molecule has 0 bridgehead atoms. The lowest BCUT2D eigenvalue weighted by Crippen LogP contribution is -2.64. The summed E-state index contributed by atoms with van der Waals surface area (Å²) in [4.78, 5) is 2.54. The van der Waals surface area contributed by atoms with E-state index in [2.05, 4.69) is 197 Å². The van der Waals surface area contributed by atoms with Crippen molar-refractivity contribution in [2.45, 2.75) is 45.4 Å². The minimum atomic E-state index is -0.179. The van der Waals surface area contributed by atoms with Crippen LogP contribution in [0.5, 0.6) is 0 Å². The Morgan fingerprint density at radius 2 is 1.40 bits per heavy atom. The van der Waals surface area contributed by atoms with Crippen LogP contribution in [0, 0.1) is 7.14 Å².